The number of benzene rings is 1. The second-order valence-corrected chi connectivity index (χ2v) is 8.28. The van der Waals surface area contributed by atoms with Crippen molar-refractivity contribution in [3.05, 3.63) is 29.8 Å². The van der Waals surface area contributed by atoms with Gasteiger partial charge in [0, 0.05) is 13.1 Å². The molecule has 0 aliphatic heterocycles. The Kier molecular flexibility index (Phi) is 5.17. The molecule has 1 atom stereocenters. The molecule has 0 aliphatic carbocycles. The Morgan fingerprint density at radius 1 is 1.24 bits per heavy atom. The van der Waals surface area contributed by atoms with Gasteiger partial charge in [0.05, 0.1) is 11.3 Å². The summed E-state index contributed by atoms with van der Waals surface area (Å²) in [5, 5.41) is 8.72. The van der Waals surface area contributed by atoms with Gasteiger partial charge in [0.25, 0.3) is 0 Å². The van der Waals surface area contributed by atoms with Crippen molar-refractivity contribution in [2.24, 2.45) is 5.41 Å². The van der Waals surface area contributed by atoms with Crippen molar-refractivity contribution in [1.29, 1.82) is 0 Å². The molecular weight excluding hydrogens is 290 g/mol. The van der Waals surface area contributed by atoms with Crippen LogP contribution in [0, 0.1) is 5.41 Å². The minimum Gasteiger partial charge on any atom is -0.481 e. The lowest BCUT2D eigenvalue weighted by molar-refractivity contribution is -0.136. The normalized spacial score (nSPS) is 14.2. The third kappa shape index (κ3) is 4.28. The van der Waals surface area contributed by atoms with Crippen LogP contribution < -0.4 is 0 Å². The van der Waals surface area contributed by atoms with Gasteiger partial charge in [-0.3, -0.25) is 4.79 Å². The summed E-state index contributed by atoms with van der Waals surface area (Å²) < 4.78 is 26.5. The number of carboxylic acid groups (broad SMARTS) is 1. The number of nitrogens with zero attached hydrogens (tertiary/aromatic N) is 1. The van der Waals surface area contributed by atoms with Gasteiger partial charge in [-0.25, -0.2) is 8.42 Å². The largest absolute Gasteiger partial charge is 0.481 e. The van der Waals surface area contributed by atoms with Crippen LogP contribution in [0.4, 0.5) is 0 Å². The van der Waals surface area contributed by atoms with E-state index in [1.54, 1.807) is 7.05 Å². The molecule has 1 unspecified atom stereocenters. The molecule has 6 heteroatoms. The maximum atomic E-state index is 12.6. The minimum absolute atomic E-state index is 0.117. The second-order valence-electron chi connectivity index (χ2n) is 6.28. The van der Waals surface area contributed by atoms with Crippen molar-refractivity contribution in [2.45, 2.75) is 45.1 Å². The number of aliphatic carboxylic acids is 1. The fourth-order valence-electron chi connectivity index (χ4n) is 1.87. The van der Waals surface area contributed by atoms with Crippen LogP contribution in [-0.4, -0.2) is 36.9 Å². The highest BCUT2D eigenvalue weighted by molar-refractivity contribution is 7.89. The van der Waals surface area contributed by atoms with Crippen molar-refractivity contribution < 1.29 is 18.3 Å². The summed E-state index contributed by atoms with van der Waals surface area (Å²) >= 11 is 0. The Labute approximate surface area is 126 Å². The maximum absolute atomic E-state index is 12.6. The van der Waals surface area contributed by atoms with Crippen LogP contribution in [0.3, 0.4) is 0 Å². The molecule has 5 nitrogen and oxygen atoms in total. The summed E-state index contributed by atoms with van der Waals surface area (Å²) in [4.78, 5) is 10.8. The van der Waals surface area contributed by atoms with Gasteiger partial charge in [0.2, 0.25) is 10.0 Å². The third-order valence-corrected chi connectivity index (χ3v) is 5.70. The average molecular weight is 313 g/mol. The molecule has 1 aromatic carbocycles. The van der Waals surface area contributed by atoms with E-state index in [4.69, 9.17) is 5.11 Å². The molecule has 0 amide bonds. The molecular formula is C15H23NO4S. The third-order valence-electron chi connectivity index (χ3n) is 3.75. The highest BCUT2D eigenvalue weighted by Crippen LogP contribution is 2.27. The lowest BCUT2D eigenvalue weighted by atomic mass is 9.88. The molecule has 0 saturated carbocycles. The van der Waals surface area contributed by atoms with E-state index >= 15 is 0 Å². The highest BCUT2D eigenvalue weighted by Gasteiger charge is 2.32. The molecule has 0 aliphatic rings. The van der Waals surface area contributed by atoms with E-state index in [0.29, 0.717) is 5.56 Å². The highest BCUT2D eigenvalue weighted by atomic mass is 32.2. The van der Waals surface area contributed by atoms with Gasteiger partial charge >= 0.3 is 5.97 Å². The number of hydrogen-bond donors (Lipinski definition) is 1. The van der Waals surface area contributed by atoms with Crippen molar-refractivity contribution >= 4 is 16.0 Å². The van der Waals surface area contributed by atoms with Crippen molar-refractivity contribution in [3.8, 4) is 0 Å². The first-order valence-electron chi connectivity index (χ1n) is 6.75. The van der Waals surface area contributed by atoms with E-state index in [1.807, 2.05) is 27.7 Å². The minimum atomic E-state index is -3.58. The van der Waals surface area contributed by atoms with Crippen LogP contribution in [0.2, 0.25) is 0 Å². The Balaban J connectivity index is 3.05. The van der Waals surface area contributed by atoms with Crippen molar-refractivity contribution in [1.82, 2.24) is 4.31 Å². The van der Waals surface area contributed by atoms with E-state index in [1.165, 1.54) is 28.6 Å². The summed E-state index contributed by atoms with van der Waals surface area (Å²) in [5.74, 6) is -0.941. The van der Waals surface area contributed by atoms with Crippen LogP contribution in [0.5, 0.6) is 0 Å². The van der Waals surface area contributed by atoms with Crippen LogP contribution in [0.25, 0.3) is 0 Å². The number of carboxylic acids is 1. The zero-order valence-corrected chi connectivity index (χ0v) is 13.9. The molecule has 0 aromatic heterocycles. The second kappa shape index (κ2) is 6.15. The summed E-state index contributed by atoms with van der Waals surface area (Å²) in [6, 6.07) is 5.83. The topological polar surface area (TPSA) is 74.7 Å². The molecule has 1 rings (SSSR count). The zero-order valence-electron chi connectivity index (χ0n) is 13.1. The van der Waals surface area contributed by atoms with Gasteiger partial charge in [-0.15, -0.1) is 0 Å². The average Bonchev–Trinajstić information content (AvgIpc) is 2.35. The number of sulfonamides is 1. The smallest absolute Gasteiger partial charge is 0.307 e. The predicted molar refractivity (Wildman–Crippen MR) is 81.6 cm³/mol. The van der Waals surface area contributed by atoms with Gasteiger partial charge in [0.15, 0.2) is 0 Å². The summed E-state index contributed by atoms with van der Waals surface area (Å²) in [6.07, 6.45) is -0.117. The summed E-state index contributed by atoms with van der Waals surface area (Å²) in [6.45, 7) is 7.83. The van der Waals surface area contributed by atoms with E-state index in [0.717, 1.165) is 0 Å². The van der Waals surface area contributed by atoms with E-state index in [9.17, 15) is 13.2 Å². The molecule has 0 radical (unpaired) electrons. The SMILES string of the molecule is CC(N(C)S(=O)(=O)c1ccc(CC(=O)O)cc1)C(C)(C)C. The number of rotatable bonds is 5. The summed E-state index contributed by atoms with van der Waals surface area (Å²) in [5.41, 5.74) is 0.401. The molecule has 0 fully saturated rings. The molecule has 118 valence electrons. The quantitative estimate of drug-likeness (QED) is 0.905. The number of hydrogen-bond acceptors (Lipinski definition) is 3. The molecule has 21 heavy (non-hydrogen) atoms. The van der Waals surface area contributed by atoms with Crippen molar-refractivity contribution in [2.75, 3.05) is 7.05 Å². The van der Waals surface area contributed by atoms with Gasteiger partial charge in [-0.05, 0) is 30.0 Å². The Bertz CT molecular complexity index is 600. The fourth-order valence-corrected chi connectivity index (χ4v) is 3.42. The molecule has 1 N–H and O–H groups in total. The first-order chi connectivity index (χ1) is 9.46. The van der Waals surface area contributed by atoms with E-state index in [2.05, 4.69) is 0 Å². The van der Waals surface area contributed by atoms with Crippen LogP contribution in [0.15, 0.2) is 29.2 Å². The van der Waals surface area contributed by atoms with E-state index in [-0.39, 0.29) is 22.8 Å². The fraction of sp³-hybridized carbons (Fsp3) is 0.533. The van der Waals surface area contributed by atoms with E-state index < -0.39 is 16.0 Å². The number of carbonyl (C=O) groups is 1. The van der Waals surface area contributed by atoms with Gasteiger partial charge < -0.3 is 5.11 Å². The molecule has 0 heterocycles. The monoisotopic (exact) mass is 313 g/mol. The van der Waals surface area contributed by atoms with Gasteiger partial charge in [-0.2, -0.15) is 4.31 Å². The maximum Gasteiger partial charge on any atom is 0.307 e. The Morgan fingerprint density at radius 3 is 2.10 bits per heavy atom. The summed E-state index contributed by atoms with van der Waals surface area (Å²) in [7, 11) is -2.01. The van der Waals surface area contributed by atoms with Crippen LogP contribution in [-0.2, 0) is 21.2 Å². The Hall–Kier alpha value is -1.40. The first-order valence-corrected chi connectivity index (χ1v) is 8.19. The van der Waals surface area contributed by atoms with Gasteiger partial charge in [0.1, 0.15) is 0 Å². The molecule has 0 saturated heterocycles. The lowest BCUT2D eigenvalue weighted by Crippen LogP contribution is -2.42. The predicted octanol–water partition coefficient (Wildman–Crippen LogP) is 2.37. The lowest BCUT2D eigenvalue weighted by Gasteiger charge is -2.34. The van der Waals surface area contributed by atoms with Crippen molar-refractivity contribution in [3.63, 3.8) is 0 Å². The zero-order chi connectivity index (χ0) is 16.4. The molecule has 0 spiro atoms. The molecule has 0 bridgehead atoms. The standard InChI is InChI=1S/C15H23NO4S/c1-11(15(2,3)4)16(5)21(19,20)13-8-6-12(7-9-13)10-14(17)18/h6-9,11H,10H2,1-5H3,(H,17,18). The molecule has 1 aromatic rings. The van der Waals surface area contributed by atoms with Crippen LogP contribution in [0.1, 0.15) is 33.3 Å². The first kappa shape index (κ1) is 17.7. The Morgan fingerprint density at radius 2 is 1.71 bits per heavy atom. The van der Waals surface area contributed by atoms with Gasteiger partial charge in [-0.1, -0.05) is 32.9 Å². The van der Waals surface area contributed by atoms with Crippen LogP contribution >= 0.6 is 0 Å².